The zero-order valence-corrected chi connectivity index (χ0v) is 16.0. The highest BCUT2D eigenvalue weighted by atomic mass is 16.2. The van der Waals surface area contributed by atoms with Crippen LogP contribution in [0, 0.1) is 5.92 Å². The number of benzene rings is 2. The van der Waals surface area contributed by atoms with Gasteiger partial charge in [0.2, 0.25) is 5.91 Å². The Balaban J connectivity index is 1.84. The maximum atomic E-state index is 12.7. The fourth-order valence-electron chi connectivity index (χ4n) is 3.03. The average Bonchev–Trinajstić information content (AvgIpc) is 3.04. The van der Waals surface area contributed by atoms with E-state index >= 15 is 0 Å². The van der Waals surface area contributed by atoms with Gasteiger partial charge in [-0.1, -0.05) is 44.2 Å². The molecular weight excluding hydrogens is 338 g/mol. The van der Waals surface area contributed by atoms with Crippen molar-refractivity contribution in [2.45, 2.75) is 33.9 Å². The van der Waals surface area contributed by atoms with Crippen LogP contribution in [0.1, 0.15) is 36.8 Å². The Bertz CT molecular complexity index is 958. The molecule has 0 unspecified atom stereocenters. The summed E-state index contributed by atoms with van der Waals surface area (Å²) in [6.07, 6.45) is 0. The number of carbonyl (C=O) groups is 2. The van der Waals surface area contributed by atoms with Crippen molar-refractivity contribution in [3.63, 3.8) is 0 Å². The number of rotatable bonds is 6. The maximum Gasteiger partial charge on any atom is 0.268 e. The molecule has 0 bridgehead atoms. The van der Waals surface area contributed by atoms with Gasteiger partial charge in [-0.15, -0.1) is 0 Å². The van der Waals surface area contributed by atoms with E-state index in [0.717, 1.165) is 22.2 Å². The van der Waals surface area contributed by atoms with Crippen LogP contribution < -0.4 is 10.6 Å². The van der Waals surface area contributed by atoms with Gasteiger partial charge < -0.3 is 15.2 Å². The van der Waals surface area contributed by atoms with E-state index in [0.29, 0.717) is 18.8 Å². The third-order valence-electron chi connectivity index (χ3n) is 4.54. The number of nitrogens with one attached hydrogen (secondary N) is 2. The molecule has 3 rings (SSSR count). The molecule has 1 aromatic heterocycles. The zero-order chi connectivity index (χ0) is 19.4. The first-order chi connectivity index (χ1) is 13.0. The summed E-state index contributed by atoms with van der Waals surface area (Å²) in [5, 5.41) is 6.82. The van der Waals surface area contributed by atoms with E-state index in [1.807, 2.05) is 79.9 Å². The van der Waals surface area contributed by atoms with E-state index in [1.54, 1.807) is 0 Å². The first-order valence-corrected chi connectivity index (χ1v) is 9.26. The summed E-state index contributed by atoms with van der Waals surface area (Å²) in [7, 11) is 0. The van der Waals surface area contributed by atoms with Crippen LogP contribution in [-0.2, 0) is 17.9 Å². The monoisotopic (exact) mass is 363 g/mol. The lowest BCUT2D eigenvalue weighted by molar-refractivity contribution is -0.118. The molecule has 5 heteroatoms. The van der Waals surface area contributed by atoms with E-state index in [-0.39, 0.29) is 17.7 Å². The maximum absolute atomic E-state index is 12.7. The van der Waals surface area contributed by atoms with Crippen LogP contribution >= 0.6 is 0 Å². The van der Waals surface area contributed by atoms with Crippen LogP contribution in [0.4, 0.5) is 5.69 Å². The summed E-state index contributed by atoms with van der Waals surface area (Å²) in [4.78, 5) is 24.6. The number of aryl methyl sites for hydroxylation is 1. The van der Waals surface area contributed by atoms with Gasteiger partial charge in [-0.3, -0.25) is 9.59 Å². The summed E-state index contributed by atoms with van der Waals surface area (Å²) in [6.45, 7) is 6.91. The molecule has 3 aromatic rings. The minimum atomic E-state index is -0.107. The normalized spacial score (nSPS) is 11.0. The van der Waals surface area contributed by atoms with Crippen LogP contribution in [0.2, 0.25) is 0 Å². The Hall–Kier alpha value is -3.08. The second kappa shape index (κ2) is 8.08. The average molecular weight is 363 g/mol. The Labute approximate surface area is 159 Å². The summed E-state index contributed by atoms with van der Waals surface area (Å²) in [5.74, 6) is -0.213. The van der Waals surface area contributed by atoms with Crippen LogP contribution in [0.5, 0.6) is 0 Å². The number of carbonyl (C=O) groups excluding carboxylic acids is 2. The number of hydrogen-bond donors (Lipinski definition) is 2. The molecule has 2 aromatic carbocycles. The van der Waals surface area contributed by atoms with Gasteiger partial charge in [0.25, 0.3) is 5.91 Å². The predicted molar refractivity (Wildman–Crippen MR) is 109 cm³/mol. The fourth-order valence-corrected chi connectivity index (χ4v) is 3.03. The standard InChI is InChI=1S/C22H25N3O2/c1-4-25-19-11-10-18(24-21(26)15(2)3)12-17(19)13-20(25)22(27)23-14-16-8-6-5-7-9-16/h5-13,15H,4,14H2,1-3H3,(H,23,27)(H,24,26). The molecule has 27 heavy (non-hydrogen) atoms. The van der Waals surface area contributed by atoms with Gasteiger partial charge in [0.15, 0.2) is 0 Å². The van der Waals surface area contributed by atoms with Crippen LogP contribution in [-0.4, -0.2) is 16.4 Å². The molecule has 0 aliphatic rings. The first-order valence-electron chi connectivity index (χ1n) is 9.26. The van der Waals surface area contributed by atoms with Gasteiger partial charge >= 0.3 is 0 Å². The Morgan fingerprint density at radius 1 is 1.04 bits per heavy atom. The molecule has 0 spiro atoms. The molecule has 0 aliphatic heterocycles. The topological polar surface area (TPSA) is 63.1 Å². The lowest BCUT2D eigenvalue weighted by Crippen LogP contribution is -2.25. The Morgan fingerprint density at radius 2 is 1.78 bits per heavy atom. The van der Waals surface area contributed by atoms with Gasteiger partial charge in [0, 0.05) is 35.6 Å². The zero-order valence-electron chi connectivity index (χ0n) is 16.0. The van der Waals surface area contributed by atoms with E-state index < -0.39 is 0 Å². The van der Waals surface area contributed by atoms with Crippen molar-refractivity contribution in [1.29, 1.82) is 0 Å². The highest BCUT2D eigenvalue weighted by molar-refractivity contribution is 6.00. The molecular formula is C22H25N3O2. The van der Waals surface area contributed by atoms with Gasteiger partial charge in [-0.25, -0.2) is 0 Å². The van der Waals surface area contributed by atoms with Crippen molar-refractivity contribution in [1.82, 2.24) is 9.88 Å². The second-order valence-corrected chi connectivity index (χ2v) is 6.86. The number of amides is 2. The first kappa shape index (κ1) is 18.7. The molecule has 0 saturated heterocycles. The van der Waals surface area contributed by atoms with Crippen molar-refractivity contribution >= 4 is 28.4 Å². The minimum absolute atomic E-state index is 0.0231. The molecule has 140 valence electrons. The van der Waals surface area contributed by atoms with Gasteiger partial charge in [-0.05, 0) is 36.8 Å². The molecule has 2 amide bonds. The lowest BCUT2D eigenvalue weighted by Gasteiger charge is -2.10. The molecule has 0 fully saturated rings. The Kier molecular flexibility index (Phi) is 5.60. The smallest absolute Gasteiger partial charge is 0.268 e. The summed E-state index contributed by atoms with van der Waals surface area (Å²) in [6, 6.07) is 17.5. The van der Waals surface area contributed by atoms with Crippen molar-refractivity contribution in [3.8, 4) is 0 Å². The second-order valence-electron chi connectivity index (χ2n) is 6.86. The molecule has 0 saturated carbocycles. The molecule has 2 N–H and O–H groups in total. The highest BCUT2D eigenvalue weighted by Gasteiger charge is 2.15. The number of hydrogen-bond acceptors (Lipinski definition) is 2. The number of fused-ring (bicyclic) bond motifs is 1. The molecule has 1 heterocycles. The highest BCUT2D eigenvalue weighted by Crippen LogP contribution is 2.24. The lowest BCUT2D eigenvalue weighted by atomic mass is 10.2. The van der Waals surface area contributed by atoms with Crippen molar-refractivity contribution in [2.24, 2.45) is 5.92 Å². The molecule has 0 radical (unpaired) electrons. The van der Waals surface area contributed by atoms with E-state index in [9.17, 15) is 9.59 Å². The molecule has 0 aliphatic carbocycles. The van der Waals surface area contributed by atoms with Crippen molar-refractivity contribution in [3.05, 3.63) is 65.9 Å². The van der Waals surface area contributed by atoms with Crippen LogP contribution in [0.3, 0.4) is 0 Å². The van der Waals surface area contributed by atoms with Gasteiger partial charge in [-0.2, -0.15) is 0 Å². The van der Waals surface area contributed by atoms with Crippen LogP contribution in [0.15, 0.2) is 54.6 Å². The molecule has 0 atom stereocenters. The largest absolute Gasteiger partial charge is 0.347 e. The third-order valence-corrected chi connectivity index (χ3v) is 4.54. The molecule has 5 nitrogen and oxygen atoms in total. The SMILES string of the molecule is CCn1c(C(=O)NCc2ccccc2)cc2cc(NC(=O)C(C)C)ccc21. The predicted octanol–water partition coefficient (Wildman–Crippen LogP) is 4.19. The van der Waals surface area contributed by atoms with Gasteiger partial charge in [0.1, 0.15) is 5.69 Å². The summed E-state index contributed by atoms with van der Waals surface area (Å²) in [5.41, 5.74) is 3.40. The van der Waals surface area contributed by atoms with E-state index in [4.69, 9.17) is 0 Å². The van der Waals surface area contributed by atoms with Gasteiger partial charge in [0.05, 0.1) is 0 Å². The Morgan fingerprint density at radius 3 is 2.44 bits per heavy atom. The third kappa shape index (κ3) is 4.19. The van der Waals surface area contributed by atoms with Crippen LogP contribution in [0.25, 0.3) is 10.9 Å². The minimum Gasteiger partial charge on any atom is -0.347 e. The van der Waals surface area contributed by atoms with E-state index in [1.165, 1.54) is 0 Å². The summed E-state index contributed by atoms with van der Waals surface area (Å²) >= 11 is 0. The number of nitrogens with zero attached hydrogens (tertiary/aromatic N) is 1. The number of anilines is 1. The van der Waals surface area contributed by atoms with Crippen molar-refractivity contribution in [2.75, 3.05) is 5.32 Å². The summed E-state index contributed by atoms with van der Waals surface area (Å²) < 4.78 is 1.99. The van der Waals surface area contributed by atoms with Crippen molar-refractivity contribution < 1.29 is 9.59 Å². The van der Waals surface area contributed by atoms with E-state index in [2.05, 4.69) is 10.6 Å². The quantitative estimate of drug-likeness (QED) is 0.690. The fraction of sp³-hybridized carbons (Fsp3) is 0.273. The number of aromatic nitrogens is 1.